The van der Waals surface area contributed by atoms with Gasteiger partial charge >= 0.3 is 12.1 Å². The Hall–Kier alpha value is -3.46. The van der Waals surface area contributed by atoms with Crippen molar-refractivity contribution in [3.63, 3.8) is 0 Å². The number of amides is 2. The summed E-state index contributed by atoms with van der Waals surface area (Å²) in [6, 6.07) is 13.2. The van der Waals surface area contributed by atoms with Crippen molar-refractivity contribution >= 4 is 45.2 Å². The molecule has 0 spiro atoms. The maximum Gasteiger partial charge on any atom is 0.408 e. The number of hydrogen-bond donors (Lipinski definition) is 2. The maximum atomic E-state index is 12.7. The zero-order valence-corrected chi connectivity index (χ0v) is 18.9. The molecule has 2 amide bonds. The van der Waals surface area contributed by atoms with Gasteiger partial charge in [0.25, 0.3) is 0 Å². The third-order valence-corrected chi connectivity index (χ3v) is 5.00. The van der Waals surface area contributed by atoms with Crippen LogP contribution in [0.3, 0.4) is 0 Å². The smallest absolute Gasteiger partial charge is 0.408 e. The second-order valence-corrected chi connectivity index (χ2v) is 8.97. The van der Waals surface area contributed by atoms with E-state index in [9.17, 15) is 14.4 Å². The van der Waals surface area contributed by atoms with Crippen LogP contribution in [-0.4, -0.2) is 34.6 Å². The number of fused-ring (bicyclic) bond motifs is 1. The van der Waals surface area contributed by atoms with Gasteiger partial charge in [-0.3, -0.25) is 4.79 Å². The molecule has 0 saturated carbocycles. The number of nitrogens with one attached hydrogen (secondary N) is 2. The summed E-state index contributed by atoms with van der Waals surface area (Å²) in [5.74, 6) is -1.18. The van der Waals surface area contributed by atoms with Gasteiger partial charge in [0.15, 0.2) is 0 Å². The van der Waals surface area contributed by atoms with E-state index in [4.69, 9.17) is 9.47 Å². The minimum atomic E-state index is -1.21. The van der Waals surface area contributed by atoms with Gasteiger partial charge in [-0.1, -0.05) is 30.3 Å². The van der Waals surface area contributed by atoms with E-state index in [1.165, 1.54) is 11.3 Å². The molecule has 0 aliphatic heterocycles. The minimum Gasteiger partial charge on any atom is -0.459 e. The number of ether oxygens (including phenoxy) is 2. The highest BCUT2D eigenvalue weighted by Gasteiger charge is 2.28. The van der Waals surface area contributed by atoms with Gasteiger partial charge in [-0.05, 0) is 44.5 Å². The number of anilines is 1. The average Bonchev–Trinajstić information content (AvgIpc) is 3.18. The first-order chi connectivity index (χ1) is 15.2. The third-order valence-electron chi connectivity index (χ3n) is 4.20. The Balaban J connectivity index is 1.66. The van der Waals surface area contributed by atoms with Crippen LogP contribution in [0.5, 0.6) is 0 Å². The lowest BCUT2D eigenvalue weighted by atomic mass is 10.2. The van der Waals surface area contributed by atoms with Crippen LogP contribution in [0.25, 0.3) is 10.2 Å². The molecule has 1 aromatic heterocycles. The summed E-state index contributed by atoms with van der Waals surface area (Å²) >= 11 is 1.46. The zero-order chi connectivity index (χ0) is 23.1. The first-order valence-corrected chi connectivity index (χ1v) is 10.9. The first kappa shape index (κ1) is 23.2. The highest BCUT2D eigenvalue weighted by molar-refractivity contribution is 7.16. The fourth-order valence-electron chi connectivity index (χ4n) is 2.80. The average molecular weight is 456 g/mol. The number of carbonyl (C=O) groups is 3. The maximum absolute atomic E-state index is 12.7. The molecule has 0 bridgehead atoms. The fourth-order valence-corrected chi connectivity index (χ4v) is 3.52. The number of carbonyl (C=O) groups excluding carboxylic acids is 3. The number of aromatic nitrogens is 1. The van der Waals surface area contributed by atoms with Crippen molar-refractivity contribution in [2.45, 2.75) is 45.4 Å². The van der Waals surface area contributed by atoms with Crippen LogP contribution >= 0.6 is 11.3 Å². The second-order valence-electron chi connectivity index (χ2n) is 8.08. The highest BCUT2D eigenvalue weighted by Crippen LogP contribution is 2.22. The van der Waals surface area contributed by atoms with E-state index >= 15 is 0 Å². The summed E-state index contributed by atoms with van der Waals surface area (Å²) in [4.78, 5) is 41.7. The molecule has 0 fully saturated rings. The van der Waals surface area contributed by atoms with E-state index in [0.717, 1.165) is 15.8 Å². The predicted octanol–water partition coefficient (Wildman–Crippen LogP) is 4.26. The molecule has 1 atom stereocenters. The minimum absolute atomic E-state index is 0.0236. The molecule has 9 heteroatoms. The van der Waals surface area contributed by atoms with E-state index in [2.05, 4.69) is 15.6 Å². The predicted molar refractivity (Wildman–Crippen MR) is 122 cm³/mol. The summed E-state index contributed by atoms with van der Waals surface area (Å²) < 4.78 is 11.5. The van der Waals surface area contributed by atoms with Gasteiger partial charge < -0.3 is 20.1 Å². The molecular weight excluding hydrogens is 430 g/mol. The van der Waals surface area contributed by atoms with Gasteiger partial charge in [0.2, 0.25) is 5.91 Å². The number of rotatable bonds is 7. The van der Waals surface area contributed by atoms with Crippen molar-refractivity contribution < 1.29 is 23.9 Å². The second kappa shape index (κ2) is 10.2. The van der Waals surface area contributed by atoms with E-state index in [1.807, 2.05) is 30.3 Å². The molecule has 168 valence electrons. The number of hydrogen-bond acceptors (Lipinski definition) is 7. The van der Waals surface area contributed by atoms with E-state index in [1.54, 1.807) is 44.5 Å². The van der Waals surface area contributed by atoms with Crippen LogP contribution in [0.2, 0.25) is 0 Å². The lowest BCUT2D eigenvalue weighted by molar-refractivity contribution is -0.148. The molecule has 8 nitrogen and oxygen atoms in total. The Labute approximate surface area is 189 Å². The summed E-state index contributed by atoms with van der Waals surface area (Å²) in [6.07, 6.45) is -1.12. The van der Waals surface area contributed by atoms with E-state index in [-0.39, 0.29) is 13.0 Å². The van der Waals surface area contributed by atoms with Crippen LogP contribution < -0.4 is 10.6 Å². The van der Waals surface area contributed by atoms with Crippen molar-refractivity contribution in [3.05, 3.63) is 59.6 Å². The van der Waals surface area contributed by atoms with E-state index in [0.29, 0.717) is 5.69 Å². The molecule has 0 unspecified atom stereocenters. The Morgan fingerprint density at radius 3 is 2.56 bits per heavy atom. The Bertz CT molecular complexity index is 1090. The monoisotopic (exact) mass is 455 g/mol. The summed E-state index contributed by atoms with van der Waals surface area (Å²) in [5, 5.41) is 5.19. The van der Waals surface area contributed by atoms with Crippen molar-refractivity contribution in [1.82, 2.24) is 10.3 Å². The number of alkyl carbamates (subject to hydrolysis) is 1. The standard InChI is InChI=1S/C23H25N3O5S/c1-23(2,3)31-22(29)26-18(21(28)30-13-15-7-5-4-6-8-15)12-20(27)25-16-9-10-17-19(11-16)32-14-24-17/h4-11,14,18H,12-13H2,1-3H3,(H,25,27)(H,26,29)/t18-/m0/s1. The van der Waals surface area contributed by atoms with Crippen molar-refractivity contribution in [1.29, 1.82) is 0 Å². The molecule has 3 rings (SSSR count). The van der Waals surface area contributed by atoms with Crippen molar-refractivity contribution in [2.24, 2.45) is 0 Å². The number of thiazole rings is 1. The molecular formula is C23H25N3O5S. The van der Waals surface area contributed by atoms with Gasteiger partial charge in [-0.15, -0.1) is 11.3 Å². The number of esters is 1. The van der Waals surface area contributed by atoms with Crippen molar-refractivity contribution in [3.8, 4) is 0 Å². The molecule has 0 aliphatic rings. The number of benzene rings is 2. The summed E-state index contributed by atoms with van der Waals surface area (Å²) in [5.41, 5.74) is 3.16. The molecule has 0 saturated heterocycles. The molecule has 0 radical (unpaired) electrons. The number of nitrogens with zero attached hydrogens (tertiary/aromatic N) is 1. The lowest BCUT2D eigenvalue weighted by Crippen LogP contribution is -2.46. The highest BCUT2D eigenvalue weighted by atomic mass is 32.1. The van der Waals surface area contributed by atoms with Crippen LogP contribution in [0.15, 0.2) is 54.0 Å². The summed E-state index contributed by atoms with van der Waals surface area (Å²) in [6.45, 7) is 5.14. The quantitative estimate of drug-likeness (QED) is 0.516. The zero-order valence-electron chi connectivity index (χ0n) is 18.1. The Kier molecular flexibility index (Phi) is 7.42. The van der Waals surface area contributed by atoms with Crippen LogP contribution in [0, 0.1) is 0 Å². The van der Waals surface area contributed by atoms with E-state index < -0.39 is 29.6 Å². The Morgan fingerprint density at radius 1 is 1.09 bits per heavy atom. The molecule has 1 heterocycles. The Morgan fingerprint density at radius 2 is 1.84 bits per heavy atom. The molecule has 2 aromatic carbocycles. The molecule has 32 heavy (non-hydrogen) atoms. The molecule has 0 aliphatic carbocycles. The van der Waals surface area contributed by atoms with Crippen molar-refractivity contribution in [2.75, 3.05) is 5.32 Å². The van der Waals surface area contributed by atoms with Crippen LogP contribution in [0.1, 0.15) is 32.8 Å². The van der Waals surface area contributed by atoms with Gasteiger partial charge in [0.05, 0.1) is 22.1 Å². The lowest BCUT2D eigenvalue weighted by Gasteiger charge is -2.22. The third kappa shape index (κ3) is 7.05. The first-order valence-electron chi connectivity index (χ1n) is 10.0. The van der Waals surface area contributed by atoms with Gasteiger partial charge in [0.1, 0.15) is 18.2 Å². The fraction of sp³-hybridized carbons (Fsp3) is 0.304. The SMILES string of the molecule is CC(C)(C)OC(=O)N[C@@H](CC(=O)Nc1ccc2ncsc2c1)C(=O)OCc1ccccc1. The summed E-state index contributed by atoms with van der Waals surface area (Å²) in [7, 11) is 0. The van der Waals surface area contributed by atoms with Gasteiger partial charge in [-0.25, -0.2) is 14.6 Å². The molecule has 2 N–H and O–H groups in total. The largest absolute Gasteiger partial charge is 0.459 e. The normalized spacial score (nSPS) is 12.1. The van der Waals surface area contributed by atoms with Gasteiger partial charge in [0, 0.05) is 5.69 Å². The molecule has 3 aromatic rings. The van der Waals surface area contributed by atoms with Crippen LogP contribution in [0.4, 0.5) is 10.5 Å². The van der Waals surface area contributed by atoms with Gasteiger partial charge in [-0.2, -0.15) is 0 Å². The van der Waals surface area contributed by atoms with Crippen LogP contribution in [-0.2, 0) is 25.7 Å². The topological polar surface area (TPSA) is 107 Å².